The van der Waals surface area contributed by atoms with Crippen LogP contribution in [-0.2, 0) is 0 Å². The second-order valence-electron chi connectivity index (χ2n) is 5.45. The van der Waals surface area contributed by atoms with Gasteiger partial charge in [-0.15, -0.1) is 0 Å². The van der Waals surface area contributed by atoms with Crippen LogP contribution < -0.4 is 5.32 Å². The molecule has 1 heterocycles. The van der Waals surface area contributed by atoms with Crippen LogP contribution in [0.3, 0.4) is 0 Å². The molecule has 0 bridgehead atoms. The van der Waals surface area contributed by atoms with Gasteiger partial charge in [-0.2, -0.15) is 0 Å². The average molecular weight is 253 g/mol. The molecule has 0 radical (unpaired) electrons. The number of nitrogens with zero attached hydrogens (tertiary/aromatic N) is 1. The van der Waals surface area contributed by atoms with E-state index in [1.165, 1.54) is 24.8 Å². The highest BCUT2D eigenvalue weighted by Gasteiger charge is 2.28. The van der Waals surface area contributed by atoms with Gasteiger partial charge in [0.05, 0.1) is 6.57 Å². The topological polar surface area (TPSA) is 32.2 Å². The number of fused-ring (bicyclic) bond motifs is 1. The van der Waals surface area contributed by atoms with Crippen molar-refractivity contribution in [1.29, 1.82) is 0 Å². The molecular formula is C16H19N3. The average Bonchev–Trinajstić information content (AvgIpc) is 3.04. The lowest BCUT2D eigenvalue weighted by Gasteiger charge is -2.20. The van der Waals surface area contributed by atoms with Gasteiger partial charge in [-0.05, 0) is 49.9 Å². The fourth-order valence-corrected chi connectivity index (χ4v) is 3.43. The van der Waals surface area contributed by atoms with E-state index in [1.807, 2.05) is 7.05 Å². The molecule has 3 rings (SSSR count). The van der Waals surface area contributed by atoms with Crippen molar-refractivity contribution in [2.45, 2.75) is 25.2 Å². The van der Waals surface area contributed by atoms with Gasteiger partial charge in [-0.25, -0.2) is 4.85 Å². The molecule has 1 saturated carbocycles. The number of hydrogen-bond acceptors (Lipinski definition) is 1. The molecular weight excluding hydrogens is 234 g/mol. The Morgan fingerprint density at radius 3 is 3.11 bits per heavy atom. The third kappa shape index (κ3) is 2.13. The molecule has 3 heteroatoms. The minimum Gasteiger partial charge on any atom is -0.372 e. The molecule has 1 aliphatic rings. The Kier molecular flexibility index (Phi) is 3.27. The van der Waals surface area contributed by atoms with Crippen LogP contribution in [0, 0.1) is 12.5 Å². The third-order valence-electron chi connectivity index (χ3n) is 4.36. The van der Waals surface area contributed by atoms with E-state index in [0.717, 1.165) is 29.1 Å². The number of rotatable bonds is 3. The maximum absolute atomic E-state index is 7.22. The molecule has 0 amide bonds. The lowest BCUT2D eigenvalue weighted by Crippen LogP contribution is -2.20. The highest BCUT2D eigenvalue weighted by Crippen LogP contribution is 2.40. The lowest BCUT2D eigenvalue weighted by molar-refractivity contribution is 0.463. The minimum absolute atomic E-state index is 0.644. The Labute approximate surface area is 113 Å². The summed E-state index contributed by atoms with van der Waals surface area (Å²) in [4.78, 5) is 6.76. The molecule has 0 unspecified atom stereocenters. The van der Waals surface area contributed by atoms with Crippen LogP contribution in [0.4, 0.5) is 5.69 Å². The number of aromatic amines is 1. The van der Waals surface area contributed by atoms with Crippen molar-refractivity contribution in [2.75, 3.05) is 13.6 Å². The highest BCUT2D eigenvalue weighted by molar-refractivity contribution is 5.93. The van der Waals surface area contributed by atoms with E-state index in [-0.39, 0.29) is 0 Å². The summed E-state index contributed by atoms with van der Waals surface area (Å²) in [6, 6.07) is 6.57. The molecule has 98 valence electrons. The summed E-state index contributed by atoms with van der Waals surface area (Å²) < 4.78 is 0. The minimum atomic E-state index is 0.644. The van der Waals surface area contributed by atoms with Gasteiger partial charge >= 0.3 is 0 Å². The molecule has 2 aromatic rings. The Bertz CT molecular complexity index is 620. The van der Waals surface area contributed by atoms with Crippen molar-refractivity contribution in [2.24, 2.45) is 5.92 Å². The second kappa shape index (κ2) is 5.07. The van der Waals surface area contributed by atoms with Crippen molar-refractivity contribution < 1.29 is 0 Å². The van der Waals surface area contributed by atoms with Gasteiger partial charge in [0.1, 0.15) is 0 Å². The van der Waals surface area contributed by atoms with E-state index < -0.39 is 0 Å². The first-order valence-corrected chi connectivity index (χ1v) is 6.96. The monoisotopic (exact) mass is 253 g/mol. The quantitative estimate of drug-likeness (QED) is 0.801. The first-order chi connectivity index (χ1) is 9.33. The number of H-pyrrole nitrogens is 1. The third-order valence-corrected chi connectivity index (χ3v) is 4.36. The van der Waals surface area contributed by atoms with Crippen LogP contribution in [-0.4, -0.2) is 18.6 Å². The molecule has 3 nitrogen and oxygen atoms in total. The molecule has 0 aliphatic heterocycles. The van der Waals surface area contributed by atoms with Crippen LogP contribution in [0.1, 0.15) is 30.7 Å². The molecule has 1 aromatic carbocycles. The molecule has 1 fully saturated rings. The largest absolute Gasteiger partial charge is 0.372 e. The van der Waals surface area contributed by atoms with Crippen molar-refractivity contribution in [3.63, 3.8) is 0 Å². The van der Waals surface area contributed by atoms with Crippen LogP contribution in [0.5, 0.6) is 0 Å². The summed E-state index contributed by atoms with van der Waals surface area (Å²) in [6.07, 6.45) is 5.71. The van der Waals surface area contributed by atoms with Crippen LogP contribution >= 0.6 is 0 Å². The van der Waals surface area contributed by atoms with Crippen molar-refractivity contribution in [3.8, 4) is 0 Å². The number of aromatic nitrogens is 1. The smallest absolute Gasteiger partial charge is 0.211 e. The number of hydrogen-bond donors (Lipinski definition) is 2. The van der Waals surface area contributed by atoms with Crippen molar-refractivity contribution >= 4 is 16.6 Å². The zero-order valence-electron chi connectivity index (χ0n) is 11.2. The van der Waals surface area contributed by atoms with Gasteiger partial charge in [0.25, 0.3) is 0 Å². The summed E-state index contributed by atoms with van der Waals surface area (Å²) in [7, 11) is 2.03. The maximum Gasteiger partial charge on any atom is 0.211 e. The van der Waals surface area contributed by atoms with Gasteiger partial charge in [0.2, 0.25) is 5.69 Å². The van der Waals surface area contributed by atoms with Crippen molar-refractivity contribution in [3.05, 3.63) is 41.4 Å². The van der Waals surface area contributed by atoms with E-state index in [1.54, 1.807) is 6.20 Å². The molecule has 2 N–H and O–H groups in total. The van der Waals surface area contributed by atoms with Gasteiger partial charge in [0, 0.05) is 17.1 Å². The van der Waals surface area contributed by atoms with Gasteiger partial charge in [-0.1, -0.05) is 18.6 Å². The predicted octanol–water partition coefficient (Wildman–Crippen LogP) is 3.82. The molecule has 1 aliphatic carbocycles. The molecule has 0 spiro atoms. The Hall–Kier alpha value is -1.79. The van der Waals surface area contributed by atoms with E-state index >= 15 is 0 Å². The highest BCUT2D eigenvalue weighted by atomic mass is 14.8. The first kappa shape index (κ1) is 12.3. The Morgan fingerprint density at radius 1 is 1.42 bits per heavy atom. The van der Waals surface area contributed by atoms with Crippen LogP contribution in [0.25, 0.3) is 15.7 Å². The summed E-state index contributed by atoms with van der Waals surface area (Å²) in [5.74, 6) is 1.38. The number of nitrogens with one attached hydrogen (secondary N) is 2. The van der Waals surface area contributed by atoms with E-state index in [4.69, 9.17) is 6.57 Å². The molecule has 19 heavy (non-hydrogen) atoms. The molecule has 1 aromatic heterocycles. The van der Waals surface area contributed by atoms with Crippen LogP contribution in [0.2, 0.25) is 0 Å². The number of benzene rings is 1. The Morgan fingerprint density at radius 2 is 2.32 bits per heavy atom. The Balaban J connectivity index is 1.98. The molecule has 2 atom stereocenters. The molecule has 0 saturated heterocycles. The zero-order chi connectivity index (χ0) is 13.2. The fraction of sp³-hybridized carbons (Fsp3) is 0.438. The van der Waals surface area contributed by atoms with Crippen LogP contribution in [0.15, 0.2) is 24.4 Å². The normalized spacial score (nSPS) is 22.7. The van der Waals surface area contributed by atoms with E-state index in [9.17, 15) is 0 Å². The summed E-state index contributed by atoms with van der Waals surface area (Å²) >= 11 is 0. The maximum atomic E-state index is 7.22. The fourth-order valence-electron chi connectivity index (χ4n) is 3.43. The van der Waals surface area contributed by atoms with E-state index in [0.29, 0.717) is 5.92 Å². The van der Waals surface area contributed by atoms with E-state index in [2.05, 4.69) is 33.3 Å². The lowest BCUT2D eigenvalue weighted by atomic mass is 9.88. The predicted molar refractivity (Wildman–Crippen MR) is 78.6 cm³/mol. The van der Waals surface area contributed by atoms with Crippen molar-refractivity contribution in [1.82, 2.24) is 10.3 Å². The van der Waals surface area contributed by atoms with Gasteiger partial charge < -0.3 is 10.3 Å². The summed E-state index contributed by atoms with van der Waals surface area (Å²) in [5, 5.41) is 4.38. The van der Waals surface area contributed by atoms with Gasteiger partial charge in [-0.3, -0.25) is 0 Å². The van der Waals surface area contributed by atoms with Gasteiger partial charge in [0.15, 0.2) is 0 Å². The second-order valence-corrected chi connectivity index (χ2v) is 5.45. The standard InChI is InChI=1S/C16H19N3/c1-17-9-12-4-3-5-13(12)11-6-7-15-14(8-11)16(18-2)10-19-15/h6-8,10,12-13,17,19H,3-5,9H2,1H3/t12-,13+/m0/s1. The summed E-state index contributed by atoms with van der Waals surface area (Å²) in [5.41, 5.74) is 3.20. The zero-order valence-corrected chi connectivity index (χ0v) is 11.2. The first-order valence-electron chi connectivity index (χ1n) is 6.96. The SMILES string of the molecule is [C-]#[N+]c1c[nH]c2ccc([C@H]3CCC[C@H]3CNC)cc12. The summed E-state index contributed by atoms with van der Waals surface area (Å²) in [6.45, 7) is 8.31.